The minimum absolute atomic E-state index is 0.0557. The molecule has 126 valence electrons. The van der Waals surface area contributed by atoms with Gasteiger partial charge in [0, 0.05) is 5.41 Å². The smallest absolute Gasteiger partial charge is 0.131 e. The monoisotopic (exact) mass is 316 g/mol. The van der Waals surface area contributed by atoms with Gasteiger partial charge in [-0.2, -0.15) is 0 Å². The van der Waals surface area contributed by atoms with Gasteiger partial charge in [0.2, 0.25) is 0 Å². The summed E-state index contributed by atoms with van der Waals surface area (Å²) < 4.78 is 13.8. The normalized spacial score (nSPS) is 51.7. The third-order valence-corrected chi connectivity index (χ3v) is 7.87. The lowest BCUT2D eigenvalue weighted by Gasteiger charge is -2.54. The van der Waals surface area contributed by atoms with Crippen molar-refractivity contribution >= 4 is 0 Å². The van der Waals surface area contributed by atoms with Gasteiger partial charge < -0.3 is 5.11 Å². The van der Waals surface area contributed by atoms with Crippen molar-refractivity contribution in [2.24, 2.45) is 29.1 Å². The number of aliphatic hydroxyl groups is 1. The van der Waals surface area contributed by atoms with Crippen LogP contribution in [0.15, 0.2) is 11.6 Å². The van der Waals surface area contributed by atoms with Gasteiger partial charge in [-0.3, -0.25) is 0 Å². The average molecular weight is 316 g/mol. The Bertz CT molecular complexity index is 584. The molecule has 0 aromatic rings. The first kappa shape index (κ1) is 15.7. The van der Waals surface area contributed by atoms with E-state index in [1.54, 1.807) is 0 Å². The first-order chi connectivity index (χ1) is 11.0. The Balaban J connectivity index is 1.64. The number of hydrogen-bond donors (Lipinski definition) is 1. The van der Waals surface area contributed by atoms with Crippen LogP contribution in [0, 0.1) is 40.9 Å². The third kappa shape index (κ3) is 2.15. The summed E-state index contributed by atoms with van der Waals surface area (Å²) in [6.07, 6.45) is 9.51. The molecule has 4 rings (SSSR count). The van der Waals surface area contributed by atoms with E-state index >= 15 is 0 Å². The fourth-order valence-electron chi connectivity index (χ4n) is 6.65. The molecule has 1 N–H and O–H groups in total. The predicted molar refractivity (Wildman–Crippen MR) is 90.4 cm³/mol. The highest BCUT2D eigenvalue weighted by Gasteiger charge is 2.61. The van der Waals surface area contributed by atoms with Crippen LogP contribution in [0.3, 0.4) is 0 Å². The highest BCUT2D eigenvalue weighted by atomic mass is 19.1. The molecule has 1 nitrogen and oxygen atoms in total. The molecule has 7 atom stereocenters. The summed E-state index contributed by atoms with van der Waals surface area (Å²) in [6.45, 7) is 4.12. The van der Waals surface area contributed by atoms with Crippen molar-refractivity contribution < 1.29 is 9.50 Å². The third-order valence-electron chi connectivity index (χ3n) is 7.87. The summed E-state index contributed by atoms with van der Waals surface area (Å²) in [5.74, 6) is 8.73. The molecule has 0 radical (unpaired) electrons. The quantitative estimate of drug-likeness (QED) is 0.509. The fourth-order valence-corrected chi connectivity index (χ4v) is 6.65. The van der Waals surface area contributed by atoms with E-state index in [0.29, 0.717) is 24.2 Å². The van der Waals surface area contributed by atoms with Crippen LogP contribution in [0.4, 0.5) is 4.39 Å². The maximum absolute atomic E-state index is 13.8. The van der Waals surface area contributed by atoms with E-state index in [1.165, 1.54) is 12.0 Å². The molecule has 0 spiro atoms. The minimum Gasteiger partial charge on any atom is -0.377 e. The van der Waals surface area contributed by atoms with Gasteiger partial charge >= 0.3 is 0 Å². The second kappa shape index (κ2) is 5.35. The van der Waals surface area contributed by atoms with Gasteiger partial charge in [-0.25, -0.2) is 4.39 Å². The zero-order chi connectivity index (χ0) is 16.2. The Kier molecular flexibility index (Phi) is 3.65. The summed E-state index contributed by atoms with van der Waals surface area (Å²) >= 11 is 0. The standard InChI is InChI=1S/C21H29FO/c1-3-10-21(23)12-9-19-18-6-4-14-13-15(22)5-7-16(14)17(18)8-11-20(19,21)2/h4,15-19,23H,5-9,11-13H2,1-2H3/t15-,16-,17+,18+,19-,20-,21-/m0/s1. The van der Waals surface area contributed by atoms with Crippen molar-refractivity contribution in [3.63, 3.8) is 0 Å². The molecule has 0 aromatic carbocycles. The molecule has 0 amide bonds. The van der Waals surface area contributed by atoms with E-state index in [-0.39, 0.29) is 5.41 Å². The first-order valence-electron chi connectivity index (χ1n) is 9.48. The molecule has 23 heavy (non-hydrogen) atoms. The van der Waals surface area contributed by atoms with Crippen molar-refractivity contribution in [2.75, 3.05) is 0 Å². The second-order valence-electron chi connectivity index (χ2n) is 8.66. The first-order valence-corrected chi connectivity index (χ1v) is 9.48. The Labute approximate surface area is 139 Å². The molecular formula is C21H29FO. The van der Waals surface area contributed by atoms with Gasteiger partial charge in [-0.1, -0.05) is 24.5 Å². The van der Waals surface area contributed by atoms with Gasteiger partial charge in [0.15, 0.2) is 0 Å². The molecule has 0 aromatic heterocycles. The maximum Gasteiger partial charge on any atom is 0.131 e. The van der Waals surface area contributed by atoms with Crippen molar-refractivity contribution in [2.45, 2.75) is 77.0 Å². The number of hydrogen-bond acceptors (Lipinski definition) is 1. The molecule has 0 bridgehead atoms. The number of halogens is 1. The van der Waals surface area contributed by atoms with E-state index in [2.05, 4.69) is 24.8 Å². The molecule has 3 saturated carbocycles. The molecule has 4 aliphatic rings. The molecule has 4 aliphatic carbocycles. The van der Waals surface area contributed by atoms with Crippen molar-refractivity contribution in [1.29, 1.82) is 0 Å². The van der Waals surface area contributed by atoms with Crippen LogP contribution in [0.2, 0.25) is 0 Å². The summed E-state index contributed by atoms with van der Waals surface area (Å²) in [6, 6.07) is 0. The van der Waals surface area contributed by atoms with Crippen molar-refractivity contribution in [1.82, 2.24) is 0 Å². The van der Waals surface area contributed by atoms with Crippen LogP contribution in [0.5, 0.6) is 0 Å². The van der Waals surface area contributed by atoms with Gasteiger partial charge in [-0.05, 0) is 82.0 Å². The van der Waals surface area contributed by atoms with E-state index in [1.807, 2.05) is 6.92 Å². The summed E-state index contributed by atoms with van der Waals surface area (Å²) in [5, 5.41) is 11.2. The topological polar surface area (TPSA) is 20.2 Å². The maximum atomic E-state index is 13.8. The lowest BCUT2D eigenvalue weighted by Crippen LogP contribution is -2.52. The van der Waals surface area contributed by atoms with Crippen LogP contribution in [0.25, 0.3) is 0 Å². The number of allylic oxidation sites excluding steroid dienone is 2. The summed E-state index contributed by atoms with van der Waals surface area (Å²) in [7, 11) is 0. The molecule has 0 unspecified atom stereocenters. The van der Waals surface area contributed by atoms with Gasteiger partial charge in [-0.15, -0.1) is 5.92 Å². The molecule has 0 heterocycles. The minimum atomic E-state index is -0.794. The Morgan fingerprint density at radius 1 is 1.17 bits per heavy atom. The van der Waals surface area contributed by atoms with Gasteiger partial charge in [0.25, 0.3) is 0 Å². The van der Waals surface area contributed by atoms with Crippen LogP contribution in [-0.4, -0.2) is 16.9 Å². The van der Waals surface area contributed by atoms with Crippen LogP contribution >= 0.6 is 0 Å². The number of rotatable bonds is 0. The van der Waals surface area contributed by atoms with E-state index in [4.69, 9.17) is 0 Å². The summed E-state index contributed by atoms with van der Waals surface area (Å²) in [4.78, 5) is 0. The largest absolute Gasteiger partial charge is 0.377 e. The second-order valence-corrected chi connectivity index (χ2v) is 8.66. The number of fused-ring (bicyclic) bond motifs is 5. The SMILES string of the molecule is CC#C[C@]1(O)CC[C@H]2[C@@H]3CC=C4C[C@@H](F)CC[C@@H]4[C@H]3CC[C@@]21C. The summed E-state index contributed by atoms with van der Waals surface area (Å²) in [5.41, 5.74) is 0.563. The molecule has 0 saturated heterocycles. The molecule has 0 aliphatic heterocycles. The van der Waals surface area contributed by atoms with Crippen LogP contribution in [0.1, 0.15) is 65.2 Å². The highest BCUT2D eigenvalue weighted by molar-refractivity contribution is 5.27. The van der Waals surface area contributed by atoms with Gasteiger partial charge in [0.1, 0.15) is 11.8 Å². The zero-order valence-electron chi connectivity index (χ0n) is 14.4. The van der Waals surface area contributed by atoms with Crippen LogP contribution in [-0.2, 0) is 0 Å². The van der Waals surface area contributed by atoms with Crippen molar-refractivity contribution in [3.8, 4) is 11.8 Å². The van der Waals surface area contributed by atoms with Crippen LogP contribution < -0.4 is 0 Å². The Morgan fingerprint density at radius 2 is 2.00 bits per heavy atom. The lowest BCUT2D eigenvalue weighted by atomic mass is 9.51. The molecule has 2 heteroatoms. The van der Waals surface area contributed by atoms with Gasteiger partial charge in [0.05, 0.1) is 0 Å². The zero-order valence-corrected chi connectivity index (χ0v) is 14.4. The fraction of sp³-hybridized carbons (Fsp3) is 0.810. The lowest BCUT2D eigenvalue weighted by molar-refractivity contribution is -0.0821. The predicted octanol–water partition coefficient (Wildman–Crippen LogP) is 4.65. The van der Waals surface area contributed by atoms with E-state index in [0.717, 1.165) is 44.4 Å². The highest BCUT2D eigenvalue weighted by Crippen LogP contribution is 2.64. The van der Waals surface area contributed by atoms with E-state index in [9.17, 15) is 9.50 Å². The molecular weight excluding hydrogens is 287 g/mol. The average Bonchev–Trinajstić information content (AvgIpc) is 2.79. The molecule has 3 fully saturated rings. The van der Waals surface area contributed by atoms with E-state index < -0.39 is 11.8 Å². The Hall–Kier alpha value is -0.810. The number of alkyl halides is 1. The Morgan fingerprint density at radius 3 is 2.78 bits per heavy atom. The van der Waals surface area contributed by atoms with Crippen molar-refractivity contribution in [3.05, 3.63) is 11.6 Å².